The van der Waals surface area contributed by atoms with Gasteiger partial charge in [-0.25, -0.2) is 0 Å². The third-order valence-corrected chi connectivity index (χ3v) is 2.53. The van der Waals surface area contributed by atoms with Crippen LogP contribution in [0.25, 0.3) is 0 Å². The molecule has 0 spiro atoms. The number of benzene rings is 1. The Kier molecular flexibility index (Phi) is 4.63. The zero-order valence-electron chi connectivity index (χ0n) is 9.92. The minimum Gasteiger partial charge on any atom is -0.494 e. The summed E-state index contributed by atoms with van der Waals surface area (Å²) in [6.45, 7) is 6.92. The van der Waals surface area contributed by atoms with Crippen molar-refractivity contribution in [3.63, 3.8) is 0 Å². The number of nitrogens with two attached hydrogens (primary N) is 1. The van der Waals surface area contributed by atoms with Gasteiger partial charge in [-0.3, -0.25) is 0 Å². The number of rotatable bonds is 5. The molecule has 0 aliphatic carbocycles. The first kappa shape index (κ1) is 12.1. The molecular weight excluding hydrogens is 186 g/mol. The zero-order valence-corrected chi connectivity index (χ0v) is 9.92. The predicted octanol–water partition coefficient (Wildman–Crippen LogP) is 3.19. The lowest BCUT2D eigenvalue weighted by molar-refractivity contribution is 0.337. The highest BCUT2D eigenvalue weighted by atomic mass is 16.5. The topological polar surface area (TPSA) is 35.2 Å². The van der Waals surface area contributed by atoms with Crippen LogP contribution in [-0.4, -0.2) is 6.61 Å². The van der Waals surface area contributed by atoms with E-state index >= 15 is 0 Å². The fraction of sp³-hybridized carbons (Fsp3) is 0.538. The van der Waals surface area contributed by atoms with Crippen molar-refractivity contribution >= 4 is 0 Å². The average molecular weight is 207 g/mol. The molecule has 2 nitrogen and oxygen atoms in total. The number of aryl methyl sites for hydroxylation is 1. The Balaban J connectivity index is 2.81. The van der Waals surface area contributed by atoms with E-state index < -0.39 is 0 Å². The molecule has 1 aromatic rings. The third-order valence-electron chi connectivity index (χ3n) is 2.53. The van der Waals surface area contributed by atoms with E-state index in [1.807, 2.05) is 13.0 Å². The zero-order chi connectivity index (χ0) is 11.3. The molecule has 1 rings (SSSR count). The van der Waals surface area contributed by atoms with Gasteiger partial charge in [-0.15, -0.1) is 0 Å². The van der Waals surface area contributed by atoms with Crippen LogP contribution in [0.2, 0.25) is 0 Å². The first-order valence-electron chi connectivity index (χ1n) is 5.68. The van der Waals surface area contributed by atoms with Gasteiger partial charge in [0, 0.05) is 6.04 Å². The van der Waals surface area contributed by atoms with Crippen LogP contribution < -0.4 is 10.5 Å². The van der Waals surface area contributed by atoms with Crippen LogP contribution >= 0.6 is 0 Å². The second kappa shape index (κ2) is 5.76. The van der Waals surface area contributed by atoms with Crippen LogP contribution in [-0.2, 0) is 0 Å². The summed E-state index contributed by atoms with van der Waals surface area (Å²) in [7, 11) is 0. The molecule has 0 amide bonds. The van der Waals surface area contributed by atoms with Crippen LogP contribution in [0.15, 0.2) is 18.2 Å². The summed E-state index contributed by atoms with van der Waals surface area (Å²) < 4.78 is 5.49. The van der Waals surface area contributed by atoms with Crippen LogP contribution in [0.1, 0.15) is 43.9 Å². The Hall–Kier alpha value is -1.02. The molecule has 0 aliphatic heterocycles. The molecule has 84 valence electrons. The Bertz CT molecular complexity index is 309. The highest BCUT2D eigenvalue weighted by Crippen LogP contribution is 2.23. The molecule has 0 aromatic heterocycles. The standard InChI is InChI=1S/C13H21NO/c1-4-6-12(14)11-7-8-13(15-5-2)10(3)9-11/h7-9,12H,4-6,14H2,1-3H3. The molecule has 0 radical (unpaired) electrons. The number of ether oxygens (including phenoxy) is 1. The van der Waals surface area contributed by atoms with E-state index in [9.17, 15) is 0 Å². The summed E-state index contributed by atoms with van der Waals surface area (Å²) in [6.07, 6.45) is 2.15. The average Bonchev–Trinajstić information content (AvgIpc) is 2.21. The highest BCUT2D eigenvalue weighted by Gasteiger charge is 2.07. The molecular formula is C13H21NO. The molecule has 0 bridgehead atoms. The summed E-state index contributed by atoms with van der Waals surface area (Å²) in [5.74, 6) is 0.963. The van der Waals surface area contributed by atoms with Gasteiger partial charge in [-0.2, -0.15) is 0 Å². The van der Waals surface area contributed by atoms with Gasteiger partial charge in [-0.05, 0) is 37.5 Å². The van der Waals surface area contributed by atoms with Crippen molar-refractivity contribution in [1.29, 1.82) is 0 Å². The molecule has 0 fully saturated rings. The molecule has 2 heteroatoms. The van der Waals surface area contributed by atoms with Crippen LogP contribution in [0.3, 0.4) is 0 Å². The number of hydrogen-bond acceptors (Lipinski definition) is 2. The van der Waals surface area contributed by atoms with Gasteiger partial charge in [0.25, 0.3) is 0 Å². The van der Waals surface area contributed by atoms with E-state index in [0.29, 0.717) is 6.61 Å². The Labute approximate surface area is 92.4 Å². The molecule has 15 heavy (non-hydrogen) atoms. The van der Waals surface area contributed by atoms with Crippen LogP contribution in [0.4, 0.5) is 0 Å². The van der Waals surface area contributed by atoms with Gasteiger partial charge in [0.05, 0.1) is 6.61 Å². The van der Waals surface area contributed by atoms with E-state index in [4.69, 9.17) is 10.5 Å². The molecule has 1 atom stereocenters. The van der Waals surface area contributed by atoms with Gasteiger partial charge in [-0.1, -0.05) is 25.5 Å². The lowest BCUT2D eigenvalue weighted by Crippen LogP contribution is -2.10. The molecule has 0 heterocycles. The molecule has 0 saturated carbocycles. The second-order valence-corrected chi connectivity index (χ2v) is 3.85. The van der Waals surface area contributed by atoms with E-state index in [1.54, 1.807) is 0 Å². The van der Waals surface area contributed by atoms with E-state index in [-0.39, 0.29) is 6.04 Å². The SMILES string of the molecule is CCCC(N)c1ccc(OCC)c(C)c1. The third kappa shape index (κ3) is 3.24. The van der Waals surface area contributed by atoms with E-state index in [0.717, 1.165) is 18.6 Å². The lowest BCUT2D eigenvalue weighted by Gasteiger charge is -2.13. The van der Waals surface area contributed by atoms with Crippen molar-refractivity contribution in [3.05, 3.63) is 29.3 Å². The predicted molar refractivity (Wildman–Crippen MR) is 64.2 cm³/mol. The fourth-order valence-corrected chi connectivity index (χ4v) is 1.70. The largest absolute Gasteiger partial charge is 0.494 e. The van der Waals surface area contributed by atoms with Crippen molar-refractivity contribution in [1.82, 2.24) is 0 Å². The maximum atomic E-state index is 6.06. The Morgan fingerprint density at radius 3 is 2.60 bits per heavy atom. The van der Waals surface area contributed by atoms with Crippen LogP contribution in [0, 0.1) is 6.92 Å². The summed E-state index contributed by atoms with van der Waals surface area (Å²) in [4.78, 5) is 0. The van der Waals surface area contributed by atoms with Gasteiger partial charge < -0.3 is 10.5 Å². The van der Waals surface area contributed by atoms with Crippen molar-refractivity contribution in [3.8, 4) is 5.75 Å². The summed E-state index contributed by atoms with van der Waals surface area (Å²) in [5.41, 5.74) is 8.43. The fourth-order valence-electron chi connectivity index (χ4n) is 1.70. The van der Waals surface area contributed by atoms with Gasteiger partial charge in [0.2, 0.25) is 0 Å². The van der Waals surface area contributed by atoms with E-state index in [1.165, 1.54) is 11.1 Å². The summed E-state index contributed by atoms with van der Waals surface area (Å²) in [5, 5.41) is 0. The van der Waals surface area contributed by atoms with E-state index in [2.05, 4.69) is 26.0 Å². The lowest BCUT2D eigenvalue weighted by atomic mass is 10.0. The maximum Gasteiger partial charge on any atom is 0.122 e. The van der Waals surface area contributed by atoms with Gasteiger partial charge in [0.15, 0.2) is 0 Å². The highest BCUT2D eigenvalue weighted by molar-refractivity contribution is 5.37. The Morgan fingerprint density at radius 2 is 2.07 bits per heavy atom. The van der Waals surface area contributed by atoms with Crippen LogP contribution in [0.5, 0.6) is 5.75 Å². The van der Waals surface area contributed by atoms with Gasteiger partial charge in [0.1, 0.15) is 5.75 Å². The summed E-state index contributed by atoms with van der Waals surface area (Å²) in [6, 6.07) is 6.37. The quantitative estimate of drug-likeness (QED) is 0.804. The second-order valence-electron chi connectivity index (χ2n) is 3.85. The monoisotopic (exact) mass is 207 g/mol. The number of hydrogen-bond donors (Lipinski definition) is 1. The van der Waals surface area contributed by atoms with Crippen molar-refractivity contribution in [2.24, 2.45) is 5.73 Å². The minimum absolute atomic E-state index is 0.157. The molecule has 0 saturated heterocycles. The first-order chi connectivity index (χ1) is 7.19. The van der Waals surface area contributed by atoms with Crippen molar-refractivity contribution < 1.29 is 4.74 Å². The normalized spacial score (nSPS) is 12.5. The summed E-state index contributed by atoms with van der Waals surface area (Å²) >= 11 is 0. The molecule has 1 unspecified atom stereocenters. The van der Waals surface area contributed by atoms with Crippen molar-refractivity contribution in [2.45, 2.75) is 39.7 Å². The van der Waals surface area contributed by atoms with Gasteiger partial charge >= 0.3 is 0 Å². The van der Waals surface area contributed by atoms with Crippen molar-refractivity contribution in [2.75, 3.05) is 6.61 Å². The Morgan fingerprint density at radius 1 is 1.33 bits per heavy atom. The maximum absolute atomic E-state index is 6.06. The molecule has 1 aromatic carbocycles. The first-order valence-corrected chi connectivity index (χ1v) is 5.68. The molecule has 0 aliphatic rings. The molecule has 2 N–H and O–H groups in total. The smallest absolute Gasteiger partial charge is 0.122 e. The minimum atomic E-state index is 0.157.